The van der Waals surface area contributed by atoms with Crippen LogP contribution < -0.4 is 5.32 Å². The molecule has 0 bridgehead atoms. The average Bonchev–Trinajstić information content (AvgIpc) is 2.37. The highest BCUT2D eigenvalue weighted by atomic mass is 35.5. The zero-order valence-corrected chi connectivity index (χ0v) is 13.1. The van der Waals surface area contributed by atoms with Crippen molar-refractivity contribution >= 4 is 33.0 Å². The molecule has 0 atom stereocenters. The first-order valence-electron chi connectivity index (χ1n) is 6.15. The Morgan fingerprint density at radius 3 is 2.48 bits per heavy atom. The number of anilines is 1. The van der Waals surface area contributed by atoms with Crippen LogP contribution in [0.4, 0.5) is 5.69 Å². The quantitative estimate of drug-likeness (QED) is 0.942. The number of amides is 1. The minimum absolute atomic E-state index is 0.115. The average molecular weight is 324 g/mol. The molecule has 110 valence electrons. The van der Waals surface area contributed by atoms with Crippen molar-refractivity contribution in [2.24, 2.45) is 0 Å². The Morgan fingerprint density at radius 2 is 1.86 bits per heavy atom. The summed E-state index contributed by atoms with van der Waals surface area (Å²) in [5.41, 5.74) is 1.57. The number of benzene rings is 2. The molecule has 0 aliphatic heterocycles. The third-order valence-electron chi connectivity index (χ3n) is 2.96. The molecule has 0 saturated heterocycles. The summed E-state index contributed by atoms with van der Waals surface area (Å²) in [7, 11) is -3.36. The number of hydrogen-bond acceptors (Lipinski definition) is 3. The summed E-state index contributed by atoms with van der Waals surface area (Å²) < 4.78 is 23.1. The fourth-order valence-corrected chi connectivity index (χ4v) is 2.68. The largest absolute Gasteiger partial charge is 0.322 e. The zero-order valence-electron chi connectivity index (χ0n) is 11.6. The molecule has 0 aromatic heterocycles. The summed E-state index contributed by atoms with van der Waals surface area (Å²) in [5, 5.41) is 3.21. The molecule has 0 radical (unpaired) electrons. The number of sulfone groups is 1. The molecular weight excluding hydrogens is 310 g/mol. The summed E-state index contributed by atoms with van der Waals surface area (Å²) in [6.45, 7) is 1.75. The first kappa shape index (κ1) is 15.5. The van der Waals surface area contributed by atoms with Crippen molar-refractivity contribution in [2.75, 3.05) is 11.6 Å². The van der Waals surface area contributed by atoms with E-state index in [-0.39, 0.29) is 10.8 Å². The van der Waals surface area contributed by atoms with Gasteiger partial charge in [0, 0.05) is 22.5 Å². The topological polar surface area (TPSA) is 63.2 Å². The highest BCUT2D eigenvalue weighted by Crippen LogP contribution is 2.19. The van der Waals surface area contributed by atoms with Crippen molar-refractivity contribution in [3.8, 4) is 0 Å². The van der Waals surface area contributed by atoms with Crippen LogP contribution in [0.3, 0.4) is 0 Å². The second-order valence-corrected chi connectivity index (χ2v) is 7.17. The summed E-state index contributed by atoms with van der Waals surface area (Å²) in [5.74, 6) is -0.375. The van der Waals surface area contributed by atoms with Gasteiger partial charge in [0.15, 0.2) is 9.84 Å². The molecule has 2 aromatic rings. The fourth-order valence-electron chi connectivity index (χ4n) is 1.84. The number of aryl methyl sites for hydroxylation is 1. The minimum Gasteiger partial charge on any atom is -0.322 e. The third kappa shape index (κ3) is 3.83. The molecule has 0 unspecified atom stereocenters. The van der Waals surface area contributed by atoms with Gasteiger partial charge in [-0.15, -0.1) is 0 Å². The smallest absolute Gasteiger partial charge is 0.255 e. The first-order valence-corrected chi connectivity index (χ1v) is 8.42. The molecule has 0 aliphatic rings. The predicted octanol–water partition coefficient (Wildman–Crippen LogP) is 3.30. The monoisotopic (exact) mass is 323 g/mol. The maximum Gasteiger partial charge on any atom is 0.255 e. The Kier molecular flexibility index (Phi) is 4.34. The van der Waals surface area contributed by atoms with Crippen molar-refractivity contribution in [2.45, 2.75) is 11.8 Å². The molecule has 0 aliphatic carbocycles. The number of carbonyl (C=O) groups excluding carboxylic acids is 1. The van der Waals surface area contributed by atoms with E-state index in [1.807, 2.05) is 0 Å². The second-order valence-electron chi connectivity index (χ2n) is 4.71. The van der Waals surface area contributed by atoms with Gasteiger partial charge in [0.1, 0.15) is 0 Å². The number of halogens is 1. The Morgan fingerprint density at radius 1 is 1.14 bits per heavy atom. The SMILES string of the molecule is Cc1ccc(S(C)(=O)=O)cc1C(=O)Nc1cccc(Cl)c1. The Balaban J connectivity index is 2.35. The van der Waals surface area contributed by atoms with E-state index in [0.29, 0.717) is 21.8 Å². The van der Waals surface area contributed by atoms with Crippen LogP contribution in [-0.4, -0.2) is 20.6 Å². The molecule has 21 heavy (non-hydrogen) atoms. The Labute approximate surface area is 128 Å². The normalized spacial score (nSPS) is 11.2. The standard InChI is InChI=1S/C15H14ClNO3S/c1-10-6-7-13(21(2,19)20)9-14(10)15(18)17-12-5-3-4-11(16)8-12/h3-9H,1-2H3,(H,17,18). The van der Waals surface area contributed by atoms with Gasteiger partial charge < -0.3 is 5.32 Å². The van der Waals surface area contributed by atoms with E-state index in [0.717, 1.165) is 6.26 Å². The van der Waals surface area contributed by atoms with Gasteiger partial charge in [-0.2, -0.15) is 0 Å². The van der Waals surface area contributed by atoms with Crippen LogP contribution in [0, 0.1) is 6.92 Å². The van der Waals surface area contributed by atoms with Gasteiger partial charge in [0.05, 0.1) is 4.90 Å². The van der Waals surface area contributed by atoms with Crippen molar-refractivity contribution in [1.29, 1.82) is 0 Å². The molecule has 1 N–H and O–H groups in total. The lowest BCUT2D eigenvalue weighted by Crippen LogP contribution is -2.14. The molecule has 6 heteroatoms. The lowest BCUT2D eigenvalue weighted by atomic mass is 10.1. The van der Waals surface area contributed by atoms with Gasteiger partial charge in [-0.05, 0) is 42.8 Å². The van der Waals surface area contributed by atoms with E-state index in [9.17, 15) is 13.2 Å². The van der Waals surface area contributed by atoms with Crippen LogP contribution in [0.2, 0.25) is 5.02 Å². The maximum atomic E-state index is 12.3. The van der Waals surface area contributed by atoms with Crippen LogP contribution >= 0.6 is 11.6 Å². The molecule has 0 saturated carbocycles. The van der Waals surface area contributed by atoms with Gasteiger partial charge in [-0.3, -0.25) is 4.79 Å². The van der Waals surface area contributed by atoms with Crippen LogP contribution in [-0.2, 0) is 9.84 Å². The van der Waals surface area contributed by atoms with Crippen molar-refractivity contribution < 1.29 is 13.2 Å². The Bertz CT molecular complexity index is 800. The third-order valence-corrected chi connectivity index (χ3v) is 4.31. The van der Waals surface area contributed by atoms with Gasteiger partial charge >= 0.3 is 0 Å². The van der Waals surface area contributed by atoms with Crippen molar-refractivity contribution in [3.63, 3.8) is 0 Å². The van der Waals surface area contributed by atoms with Gasteiger partial charge in [-0.1, -0.05) is 23.7 Å². The second kappa shape index (κ2) is 5.87. The molecule has 2 aromatic carbocycles. The van der Waals surface area contributed by atoms with Crippen LogP contribution in [0.15, 0.2) is 47.4 Å². The summed E-state index contributed by atoms with van der Waals surface area (Å²) in [4.78, 5) is 12.4. The van der Waals surface area contributed by atoms with Gasteiger partial charge in [0.2, 0.25) is 0 Å². The number of rotatable bonds is 3. The van der Waals surface area contributed by atoms with E-state index < -0.39 is 9.84 Å². The van der Waals surface area contributed by atoms with E-state index in [2.05, 4.69) is 5.32 Å². The van der Waals surface area contributed by atoms with Crippen LogP contribution in [0.1, 0.15) is 15.9 Å². The molecule has 4 nitrogen and oxygen atoms in total. The highest BCUT2D eigenvalue weighted by molar-refractivity contribution is 7.90. The number of nitrogens with one attached hydrogen (secondary N) is 1. The fraction of sp³-hybridized carbons (Fsp3) is 0.133. The van der Waals surface area contributed by atoms with Crippen LogP contribution in [0.25, 0.3) is 0 Å². The Hall–Kier alpha value is -1.85. The molecule has 0 spiro atoms. The molecule has 1 amide bonds. The van der Waals surface area contributed by atoms with Gasteiger partial charge in [-0.25, -0.2) is 8.42 Å². The van der Waals surface area contributed by atoms with Crippen molar-refractivity contribution in [1.82, 2.24) is 0 Å². The van der Waals surface area contributed by atoms with Gasteiger partial charge in [0.25, 0.3) is 5.91 Å². The molecule has 0 fully saturated rings. The summed E-state index contributed by atoms with van der Waals surface area (Å²) in [6.07, 6.45) is 1.11. The summed E-state index contributed by atoms with van der Waals surface area (Å²) >= 11 is 5.86. The minimum atomic E-state index is -3.36. The lowest BCUT2D eigenvalue weighted by Gasteiger charge is -2.09. The van der Waals surface area contributed by atoms with E-state index >= 15 is 0 Å². The number of hydrogen-bond donors (Lipinski definition) is 1. The molecule has 0 heterocycles. The summed E-state index contributed by atoms with van der Waals surface area (Å²) in [6, 6.07) is 11.2. The lowest BCUT2D eigenvalue weighted by molar-refractivity contribution is 0.102. The number of carbonyl (C=O) groups is 1. The van der Waals surface area contributed by atoms with Crippen LogP contribution in [0.5, 0.6) is 0 Å². The van der Waals surface area contributed by atoms with Crippen molar-refractivity contribution in [3.05, 3.63) is 58.6 Å². The van der Waals surface area contributed by atoms with E-state index in [1.54, 1.807) is 37.3 Å². The predicted molar refractivity (Wildman–Crippen MR) is 83.7 cm³/mol. The molecular formula is C15H14ClNO3S. The zero-order chi connectivity index (χ0) is 15.6. The maximum absolute atomic E-state index is 12.3. The van der Waals surface area contributed by atoms with E-state index in [4.69, 9.17) is 11.6 Å². The first-order chi connectivity index (χ1) is 9.77. The van der Waals surface area contributed by atoms with E-state index in [1.165, 1.54) is 12.1 Å². The highest BCUT2D eigenvalue weighted by Gasteiger charge is 2.14. The molecule has 2 rings (SSSR count).